The van der Waals surface area contributed by atoms with Crippen LogP contribution in [0.5, 0.6) is 0 Å². The van der Waals surface area contributed by atoms with Gasteiger partial charge in [0, 0.05) is 9.90 Å². The fourth-order valence-corrected chi connectivity index (χ4v) is 5.11. The minimum atomic E-state index is -0.0237. The maximum absolute atomic E-state index is 13.4. The van der Waals surface area contributed by atoms with E-state index in [2.05, 4.69) is 17.1 Å². The van der Waals surface area contributed by atoms with Gasteiger partial charge in [-0.2, -0.15) is 0 Å². The standard InChI is InChI=1S/C18H15ClN4OS/c1-10-2-7-14-13(8-10)15-16(24)23(12-5-3-11(19)4-6-12)18-21-20-9-22(18)17(15)25-14/h3-6,9-10H,2,7-8H2,1H3. The summed E-state index contributed by atoms with van der Waals surface area (Å²) in [6.45, 7) is 2.25. The van der Waals surface area contributed by atoms with Crippen molar-refractivity contribution in [3.05, 3.63) is 56.4 Å². The summed E-state index contributed by atoms with van der Waals surface area (Å²) in [7, 11) is 0. The van der Waals surface area contributed by atoms with Crippen molar-refractivity contribution in [2.75, 3.05) is 0 Å². The molecule has 1 atom stereocenters. The van der Waals surface area contributed by atoms with Gasteiger partial charge in [0.25, 0.3) is 5.56 Å². The summed E-state index contributed by atoms with van der Waals surface area (Å²) in [6, 6.07) is 7.24. The topological polar surface area (TPSA) is 52.2 Å². The van der Waals surface area contributed by atoms with Crippen LogP contribution in [0.1, 0.15) is 23.8 Å². The number of halogens is 1. The summed E-state index contributed by atoms with van der Waals surface area (Å²) >= 11 is 7.71. The minimum absolute atomic E-state index is 0.0237. The quantitative estimate of drug-likeness (QED) is 0.511. The van der Waals surface area contributed by atoms with Crippen molar-refractivity contribution >= 4 is 38.9 Å². The van der Waals surface area contributed by atoms with Crippen LogP contribution in [0.4, 0.5) is 0 Å². The molecule has 3 heterocycles. The molecular formula is C18H15ClN4OS. The van der Waals surface area contributed by atoms with Crippen LogP contribution < -0.4 is 5.56 Å². The number of fused-ring (bicyclic) bond motifs is 5. The summed E-state index contributed by atoms with van der Waals surface area (Å²) in [5, 5.41) is 9.70. The molecule has 0 fully saturated rings. The monoisotopic (exact) mass is 370 g/mol. The Morgan fingerprint density at radius 3 is 2.88 bits per heavy atom. The van der Waals surface area contributed by atoms with Crippen LogP contribution in [0.2, 0.25) is 5.02 Å². The number of rotatable bonds is 1. The lowest BCUT2D eigenvalue weighted by molar-refractivity contribution is 0.508. The third-order valence-electron chi connectivity index (χ3n) is 4.94. The Balaban J connectivity index is 1.92. The highest BCUT2D eigenvalue weighted by Crippen LogP contribution is 2.37. The van der Waals surface area contributed by atoms with Gasteiger partial charge in [-0.3, -0.25) is 9.20 Å². The highest BCUT2D eigenvalue weighted by atomic mass is 35.5. The Labute approximate surface area is 152 Å². The van der Waals surface area contributed by atoms with Crippen molar-refractivity contribution in [2.45, 2.75) is 26.2 Å². The summed E-state index contributed by atoms with van der Waals surface area (Å²) < 4.78 is 3.57. The molecule has 3 aromatic heterocycles. The van der Waals surface area contributed by atoms with E-state index in [9.17, 15) is 4.79 Å². The zero-order valence-electron chi connectivity index (χ0n) is 13.6. The molecular weight excluding hydrogens is 356 g/mol. The molecule has 1 aliphatic rings. The molecule has 126 valence electrons. The lowest BCUT2D eigenvalue weighted by atomic mass is 9.89. The smallest absolute Gasteiger partial charge is 0.268 e. The van der Waals surface area contributed by atoms with Gasteiger partial charge in [0.2, 0.25) is 5.78 Å². The highest BCUT2D eigenvalue weighted by molar-refractivity contribution is 7.18. The second kappa shape index (κ2) is 5.41. The lowest BCUT2D eigenvalue weighted by Crippen LogP contribution is -2.22. The van der Waals surface area contributed by atoms with Crippen molar-refractivity contribution in [3.8, 4) is 5.69 Å². The molecule has 0 radical (unpaired) electrons. The summed E-state index contributed by atoms with van der Waals surface area (Å²) in [6.07, 6.45) is 4.87. The molecule has 0 N–H and O–H groups in total. The molecule has 1 aromatic carbocycles. The third kappa shape index (κ3) is 2.17. The Bertz CT molecular complexity index is 1170. The zero-order valence-corrected chi connectivity index (χ0v) is 15.1. The van der Waals surface area contributed by atoms with Gasteiger partial charge in [-0.25, -0.2) is 4.57 Å². The fourth-order valence-electron chi connectivity index (χ4n) is 3.68. The first kappa shape index (κ1) is 15.1. The van der Waals surface area contributed by atoms with Gasteiger partial charge in [0.1, 0.15) is 11.2 Å². The average Bonchev–Trinajstić information content (AvgIpc) is 3.21. The van der Waals surface area contributed by atoms with Gasteiger partial charge in [-0.1, -0.05) is 18.5 Å². The van der Waals surface area contributed by atoms with Crippen LogP contribution in [0.3, 0.4) is 0 Å². The van der Waals surface area contributed by atoms with E-state index in [0.29, 0.717) is 16.7 Å². The highest BCUT2D eigenvalue weighted by Gasteiger charge is 2.25. The normalized spacial score (nSPS) is 17.3. The van der Waals surface area contributed by atoms with Crippen LogP contribution in [0.15, 0.2) is 35.4 Å². The molecule has 1 unspecified atom stereocenters. The average molecular weight is 371 g/mol. The number of benzene rings is 1. The second-order valence-corrected chi connectivity index (χ2v) is 8.17. The molecule has 0 saturated heterocycles. The van der Waals surface area contributed by atoms with E-state index in [4.69, 9.17) is 11.6 Å². The predicted molar refractivity (Wildman–Crippen MR) is 100 cm³/mol. The van der Waals surface area contributed by atoms with E-state index in [0.717, 1.165) is 28.7 Å². The van der Waals surface area contributed by atoms with E-state index < -0.39 is 0 Å². The number of aryl methyl sites for hydroxylation is 1. The largest absolute Gasteiger partial charge is 0.268 e. The van der Waals surface area contributed by atoms with E-state index in [1.165, 1.54) is 16.9 Å². The van der Waals surface area contributed by atoms with E-state index in [1.54, 1.807) is 34.4 Å². The number of hydrogen-bond acceptors (Lipinski definition) is 4. The minimum Gasteiger partial charge on any atom is -0.268 e. The summed E-state index contributed by atoms with van der Waals surface area (Å²) in [5.74, 6) is 1.14. The lowest BCUT2D eigenvalue weighted by Gasteiger charge is -2.17. The van der Waals surface area contributed by atoms with Gasteiger partial charge in [0.15, 0.2) is 0 Å². The Morgan fingerprint density at radius 2 is 2.08 bits per heavy atom. The van der Waals surface area contributed by atoms with Gasteiger partial charge in [0.05, 0.1) is 11.1 Å². The Hall–Kier alpha value is -2.18. The maximum atomic E-state index is 13.4. The molecule has 0 aliphatic heterocycles. The molecule has 0 saturated carbocycles. The van der Waals surface area contributed by atoms with Gasteiger partial charge in [-0.05, 0) is 55.0 Å². The van der Waals surface area contributed by atoms with Crippen LogP contribution in [0, 0.1) is 5.92 Å². The van der Waals surface area contributed by atoms with Crippen molar-refractivity contribution in [1.82, 2.24) is 19.2 Å². The van der Waals surface area contributed by atoms with Gasteiger partial charge in [-0.15, -0.1) is 21.5 Å². The molecule has 4 aromatic rings. The van der Waals surface area contributed by atoms with Gasteiger partial charge < -0.3 is 0 Å². The molecule has 0 spiro atoms. The molecule has 7 heteroatoms. The van der Waals surface area contributed by atoms with Crippen molar-refractivity contribution in [2.24, 2.45) is 5.92 Å². The zero-order chi connectivity index (χ0) is 17.1. The number of nitrogens with zero attached hydrogens (tertiary/aromatic N) is 4. The molecule has 0 bridgehead atoms. The van der Waals surface area contributed by atoms with Crippen LogP contribution in [-0.2, 0) is 12.8 Å². The molecule has 5 nitrogen and oxygen atoms in total. The first-order valence-electron chi connectivity index (χ1n) is 8.28. The predicted octanol–water partition coefficient (Wildman–Crippen LogP) is 3.87. The van der Waals surface area contributed by atoms with Crippen LogP contribution >= 0.6 is 22.9 Å². The summed E-state index contributed by atoms with van der Waals surface area (Å²) in [4.78, 5) is 15.7. The third-order valence-corrected chi connectivity index (χ3v) is 6.48. The SMILES string of the molecule is CC1CCc2sc3c(c2C1)c(=O)n(-c1ccc(Cl)cc1)c1nncn31. The molecule has 25 heavy (non-hydrogen) atoms. The first-order valence-corrected chi connectivity index (χ1v) is 9.48. The maximum Gasteiger partial charge on any atom is 0.268 e. The van der Waals surface area contributed by atoms with E-state index in [1.807, 2.05) is 16.5 Å². The van der Waals surface area contributed by atoms with Gasteiger partial charge >= 0.3 is 0 Å². The summed E-state index contributed by atoms with van der Waals surface area (Å²) in [5.41, 5.74) is 1.93. The van der Waals surface area contributed by atoms with E-state index >= 15 is 0 Å². The second-order valence-electron chi connectivity index (χ2n) is 6.65. The number of hydrogen-bond donors (Lipinski definition) is 0. The molecule has 5 rings (SSSR count). The Kier molecular flexibility index (Phi) is 3.27. The van der Waals surface area contributed by atoms with Crippen molar-refractivity contribution in [1.29, 1.82) is 0 Å². The first-order chi connectivity index (χ1) is 12.1. The number of thiophene rings is 1. The fraction of sp³-hybridized carbons (Fsp3) is 0.278. The van der Waals surface area contributed by atoms with E-state index in [-0.39, 0.29) is 5.56 Å². The molecule has 0 amide bonds. The van der Waals surface area contributed by atoms with Crippen LogP contribution in [0.25, 0.3) is 21.7 Å². The van der Waals surface area contributed by atoms with Crippen molar-refractivity contribution < 1.29 is 0 Å². The van der Waals surface area contributed by atoms with Crippen LogP contribution in [-0.4, -0.2) is 19.2 Å². The molecule has 1 aliphatic carbocycles. The Morgan fingerprint density at radius 1 is 1.28 bits per heavy atom. The number of aromatic nitrogens is 4. The van der Waals surface area contributed by atoms with Crippen molar-refractivity contribution in [3.63, 3.8) is 0 Å².